The van der Waals surface area contributed by atoms with E-state index in [-0.39, 0.29) is 24.8 Å². The summed E-state index contributed by atoms with van der Waals surface area (Å²) in [6.07, 6.45) is 15.4. The molecule has 132 valence electrons. The molecule has 0 N–H and O–H groups in total. The Labute approximate surface area is 158 Å². The van der Waals surface area contributed by atoms with Crippen molar-refractivity contribution in [1.82, 2.24) is 0 Å². The first-order valence-corrected chi connectivity index (χ1v) is 24.7. The van der Waals surface area contributed by atoms with Crippen molar-refractivity contribution in [3.63, 3.8) is 0 Å². The van der Waals surface area contributed by atoms with Crippen LogP contribution in [0.5, 0.6) is 0 Å². The summed E-state index contributed by atoms with van der Waals surface area (Å²) >= 11 is -2.81. The van der Waals surface area contributed by atoms with Crippen LogP contribution in [0.3, 0.4) is 0 Å². The van der Waals surface area contributed by atoms with Crippen molar-refractivity contribution in [3.8, 4) is 0 Å². The number of allylic oxidation sites excluding steroid dienone is 7. The van der Waals surface area contributed by atoms with Crippen molar-refractivity contribution in [3.05, 3.63) is 42.5 Å². The minimum Gasteiger partial charge on any atom is -0.147 e. The summed E-state index contributed by atoms with van der Waals surface area (Å²) in [4.78, 5) is 0. The monoisotopic (exact) mass is 468 g/mol. The van der Waals surface area contributed by atoms with Crippen molar-refractivity contribution in [1.29, 1.82) is 0 Å². The van der Waals surface area contributed by atoms with Gasteiger partial charge in [0, 0.05) is 0 Å². The summed E-state index contributed by atoms with van der Waals surface area (Å²) in [7, 11) is -1.37. The fraction of sp³-hybridized carbons (Fsp3) is 0.529. The molecule has 23 heavy (non-hydrogen) atoms. The minimum absolute atomic E-state index is 0. The van der Waals surface area contributed by atoms with Gasteiger partial charge in [-0.3, -0.25) is 0 Å². The molecule has 0 aliphatic heterocycles. The van der Waals surface area contributed by atoms with Crippen molar-refractivity contribution in [2.24, 2.45) is 0 Å². The molecule has 0 radical (unpaired) electrons. The molecule has 2 rings (SSSR count). The molecule has 0 amide bonds. The molecule has 0 saturated carbocycles. The second-order valence-corrected chi connectivity index (χ2v) is 41.8. The molecule has 0 aromatic carbocycles. The Hall–Kier alpha value is 0.817. The molecule has 0 saturated heterocycles. The molecule has 6 heteroatoms. The van der Waals surface area contributed by atoms with E-state index in [1.54, 1.807) is 6.56 Å². The number of hydrogen-bond acceptors (Lipinski definition) is 1. The van der Waals surface area contributed by atoms with Crippen LogP contribution in [0.1, 0.15) is 19.3 Å². The van der Waals surface area contributed by atoms with Gasteiger partial charge in [-0.1, -0.05) is 0 Å². The molecule has 0 aromatic heterocycles. The first-order chi connectivity index (χ1) is 9.57. The first kappa shape index (κ1) is 23.8. The Morgan fingerprint density at radius 3 is 2.30 bits per heavy atom. The second-order valence-electron chi connectivity index (χ2n) is 8.37. The third-order valence-corrected chi connectivity index (χ3v) is 23.0. The second kappa shape index (κ2) is 8.47. The van der Waals surface area contributed by atoms with Crippen LogP contribution < -0.4 is 0 Å². The van der Waals surface area contributed by atoms with Crippen LogP contribution in [-0.4, -0.2) is 21.8 Å². The van der Waals surface area contributed by atoms with Crippen LogP contribution >= 0.6 is 24.8 Å². The van der Waals surface area contributed by atoms with Gasteiger partial charge in [-0.05, 0) is 0 Å². The fourth-order valence-electron chi connectivity index (χ4n) is 3.04. The van der Waals surface area contributed by atoms with Crippen LogP contribution in [-0.2, 0) is 21.8 Å². The number of halogens is 2. The van der Waals surface area contributed by atoms with Gasteiger partial charge in [0.05, 0.1) is 0 Å². The maximum absolute atomic E-state index is 6.00. The van der Waals surface area contributed by atoms with E-state index in [0.717, 1.165) is 13.0 Å². The van der Waals surface area contributed by atoms with E-state index < -0.39 is 25.7 Å². The number of rotatable bonds is 6. The van der Waals surface area contributed by atoms with Gasteiger partial charge in [-0.2, -0.15) is 0 Å². The predicted molar refractivity (Wildman–Crippen MR) is 111 cm³/mol. The standard InChI is InChI=1S/C10H17OSi.C5H5.2CH3.2ClH.H2Si.Zr/c1-12(2,3)11-9-8-10-6-4-5-7-10;1-2-4-5-3-1;;;;;;/h6-7H,4,8-9H2,1-3H3;1-3H,4H2;2*1H3;2*1H;1H2;. The van der Waals surface area contributed by atoms with Gasteiger partial charge in [-0.15, -0.1) is 24.8 Å². The molecule has 0 bridgehead atoms. The largest absolute Gasteiger partial charge is 0.147 e. The molecule has 0 heterocycles. The normalized spacial score (nSPS) is 17.9. The van der Waals surface area contributed by atoms with E-state index in [0.29, 0.717) is 0 Å². The average Bonchev–Trinajstić information content (AvgIpc) is 2.98. The van der Waals surface area contributed by atoms with E-state index in [2.05, 4.69) is 66.2 Å². The van der Waals surface area contributed by atoms with Gasteiger partial charge in [-0.25, -0.2) is 0 Å². The summed E-state index contributed by atoms with van der Waals surface area (Å²) in [5.41, 5.74) is 1.51. The SMILES string of the molecule is C[Si](C)(C)OCCC1=CC[C]([Zr]([CH3])([CH3])(=[SiH2])[C]2=CC=CC2)=C1.Cl.Cl. The van der Waals surface area contributed by atoms with Gasteiger partial charge in [0.15, 0.2) is 0 Å². The third kappa shape index (κ3) is 6.24. The number of hydrogen-bond donors (Lipinski definition) is 0. The van der Waals surface area contributed by atoms with Crippen molar-refractivity contribution in [2.45, 2.75) is 48.2 Å². The van der Waals surface area contributed by atoms with Gasteiger partial charge in [0.2, 0.25) is 0 Å². The smallest absolute Gasteiger partial charge is 0.147 e. The zero-order valence-electron chi connectivity index (χ0n) is 15.1. The van der Waals surface area contributed by atoms with Crippen molar-refractivity contribution >= 4 is 40.0 Å². The van der Waals surface area contributed by atoms with E-state index >= 15 is 0 Å². The molecule has 1 nitrogen and oxygen atoms in total. The summed E-state index contributed by atoms with van der Waals surface area (Å²) in [5, 5.41) is 0. The van der Waals surface area contributed by atoms with E-state index in [9.17, 15) is 0 Å². The molecule has 0 unspecified atom stereocenters. The molecule has 2 aliphatic rings. The average molecular weight is 471 g/mol. The molecular formula is C17H32Cl2OSi2Zr. The summed E-state index contributed by atoms with van der Waals surface area (Å²) in [6.45, 7) is 10.0. The van der Waals surface area contributed by atoms with Crippen LogP contribution in [0.4, 0.5) is 0 Å². The zero-order valence-corrected chi connectivity index (χ0v) is 21.7. The van der Waals surface area contributed by atoms with E-state index in [4.69, 9.17) is 4.43 Å². The Kier molecular flexibility index (Phi) is 8.77. The quantitative estimate of drug-likeness (QED) is 0.468. The van der Waals surface area contributed by atoms with Gasteiger partial charge < -0.3 is 0 Å². The maximum atomic E-state index is 6.00. The van der Waals surface area contributed by atoms with Gasteiger partial charge in [0.1, 0.15) is 0 Å². The van der Waals surface area contributed by atoms with Crippen LogP contribution in [0, 0.1) is 0 Å². The van der Waals surface area contributed by atoms with E-state index in [1.807, 2.05) is 0 Å². The summed E-state index contributed by atoms with van der Waals surface area (Å²) in [5.74, 6) is 0. The Bertz CT molecular complexity index is 619. The van der Waals surface area contributed by atoms with Crippen LogP contribution in [0.15, 0.2) is 42.5 Å². The van der Waals surface area contributed by atoms with Crippen molar-refractivity contribution in [2.75, 3.05) is 6.61 Å². The van der Waals surface area contributed by atoms with Gasteiger partial charge in [0.25, 0.3) is 0 Å². The minimum atomic E-state index is -2.81. The van der Waals surface area contributed by atoms with Crippen LogP contribution in [0.25, 0.3) is 0 Å². The van der Waals surface area contributed by atoms with E-state index in [1.165, 1.54) is 18.4 Å². The third-order valence-electron chi connectivity index (χ3n) is 4.70. The molecular weight excluding hydrogens is 438 g/mol. The maximum Gasteiger partial charge on any atom is -0.147 e. The Balaban J connectivity index is 0.00000242. The Morgan fingerprint density at radius 2 is 1.78 bits per heavy atom. The van der Waals surface area contributed by atoms with Gasteiger partial charge >= 0.3 is 134 Å². The molecule has 0 fully saturated rings. The Morgan fingerprint density at radius 1 is 1.13 bits per heavy atom. The summed E-state index contributed by atoms with van der Waals surface area (Å²) in [6, 6.07) is 0. The van der Waals surface area contributed by atoms with Crippen LogP contribution in [0.2, 0.25) is 28.9 Å². The molecule has 0 spiro atoms. The summed E-state index contributed by atoms with van der Waals surface area (Å²) < 4.78 is 14.7. The topological polar surface area (TPSA) is 9.23 Å². The first-order valence-electron chi connectivity index (χ1n) is 8.04. The molecule has 2 aliphatic carbocycles. The molecule has 0 aromatic rings. The molecule has 0 atom stereocenters. The van der Waals surface area contributed by atoms with Crippen molar-refractivity contribution < 1.29 is 21.8 Å². The fourth-order valence-corrected chi connectivity index (χ4v) is 14.7. The predicted octanol–water partition coefficient (Wildman–Crippen LogP) is 5.46. The zero-order chi connectivity index (χ0) is 15.8.